The van der Waals surface area contributed by atoms with Gasteiger partial charge in [0.2, 0.25) is 0 Å². The summed E-state index contributed by atoms with van der Waals surface area (Å²) in [5, 5.41) is 3.46. The van der Waals surface area contributed by atoms with Crippen LogP contribution in [0.15, 0.2) is 12.3 Å². The molecule has 0 saturated carbocycles. The van der Waals surface area contributed by atoms with Gasteiger partial charge in [-0.15, -0.1) is 0 Å². The third-order valence-electron chi connectivity index (χ3n) is 2.25. The van der Waals surface area contributed by atoms with E-state index in [9.17, 15) is 0 Å². The minimum atomic E-state index is 0.416. The predicted molar refractivity (Wildman–Crippen MR) is 52.8 cm³/mol. The van der Waals surface area contributed by atoms with Crippen LogP contribution in [-0.4, -0.2) is 23.1 Å². The summed E-state index contributed by atoms with van der Waals surface area (Å²) in [5.74, 6) is 0. The van der Waals surface area contributed by atoms with E-state index in [2.05, 4.69) is 22.7 Å². The van der Waals surface area contributed by atoms with E-state index in [4.69, 9.17) is 4.74 Å². The zero-order valence-corrected chi connectivity index (χ0v) is 8.51. The van der Waals surface area contributed by atoms with Crippen LogP contribution in [0.1, 0.15) is 18.2 Å². The summed E-state index contributed by atoms with van der Waals surface area (Å²) < 4.78 is 9.51. The van der Waals surface area contributed by atoms with Crippen molar-refractivity contribution in [1.82, 2.24) is 9.69 Å². The average Bonchev–Trinajstić information content (AvgIpc) is 2.71. The second kappa shape index (κ2) is 4.17. The number of aromatic nitrogens is 1. The summed E-state index contributed by atoms with van der Waals surface area (Å²) in [6, 6.07) is 2.58. The molecule has 1 fully saturated rings. The van der Waals surface area contributed by atoms with Crippen molar-refractivity contribution >= 4 is 11.5 Å². The largest absolute Gasteiger partial charge is 0.377 e. The zero-order chi connectivity index (χ0) is 9.10. The zero-order valence-electron chi connectivity index (χ0n) is 7.69. The molecule has 3 nitrogen and oxygen atoms in total. The Labute approximate surface area is 82.3 Å². The van der Waals surface area contributed by atoms with Gasteiger partial charge >= 0.3 is 0 Å². The highest BCUT2D eigenvalue weighted by molar-refractivity contribution is 7.05. The Morgan fingerprint density at radius 2 is 2.69 bits per heavy atom. The first-order valence-electron chi connectivity index (χ1n) is 4.59. The number of rotatable bonds is 3. The fourth-order valence-electron chi connectivity index (χ4n) is 1.54. The van der Waals surface area contributed by atoms with E-state index in [0.717, 1.165) is 19.6 Å². The second-order valence-corrected chi connectivity index (χ2v) is 4.35. The van der Waals surface area contributed by atoms with Crippen LogP contribution in [0.5, 0.6) is 0 Å². The van der Waals surface area contributed by atoms with Crippen molar-refractivity contribution in [3.05, 3.63) is 17.1 Å². The van der Waals surface area contributed by atoms with Gasteiger partial charge in [-0.3, -0.25) is 0 Å². The first kappa shape index (κ1) is 9.12. The number of hydrogen-bond donors (Lipinski definition) is 1. The Bertz CT molecular complexity index is 250. The molecule has 4 heteroatoms. The predicted octanol–water partition coefficient (Wildman–Crippen LogP) is 1.41. The van der Waals surface area contributed by atoms with E-state index >= 15 is 0 Å². The summed E-state index contributed by atoms with van der Waals surface area (Å²) in [4.78, 5) is 1.29. The summed E-state index contributed by atoms with van der Waals surface area (Å²) >= 11 is 1.55. The van der Waals surface area contributed by atoms with Gasteiger partial charge in [-0.05, 0) is 30.9 Å². The molecule has 2 unspecified atom stereocenters. The van der Waals surface area contributed by atoms with Crippen LogP contribution in [0, 0.1) is 0 Å². The first-order valence-corrected chi connectivity index (χ1v) is 5.36. The lowest BCUT2D eigenvalue weighted by atomic mass is 10.2. The van der Waals surface area contributed by atoms with Crippen LogP contribution in [0.4, 0.5) is 0 Å². The molecule has 1 aliphatic rings. The molecule has 0 amide bonds. The molecule has 0 aromatic carbocycles. The third kappa shape index (κ3) is 2.49. The van der Waals surface area contributed by atoms with Gasteiger partial charge < -0.3 is 10.1 Å². The Morgan fingerprint density at radius 3 is 3.31 bits per heavy atom. The van der Waals surface area contributed by atoms with Crippen LogP contribution >= 0.6 is 11.5 Å². The third-order valence-corrected chi connectivity index (χ3v) is 3.00. The fourth-order valence-corrected chi connectivity index (χ4v) is 2.06. The summed E-state index contributed by atoms with van der Waals surface area (Å²) in [7, 11) is 0. The Hall–Kier alpha value is -0.450. The molecule has 0 aliphatic carbocycles. The minimum Gasteiger partial charge on any atom is -0.377 e. The Kier molecular flexibility index (Phi) is 2.93. The van der Waals surface area contributed by atoms with Crippen molar-refractivity contribution in [3.8, 4) is 0 Å². The lowest BCUT2D eigenvalue weighted by Crippen LogP contribution is -2.28. The molecule has 2 heterocycles. The van der Waals surface area contributed by atoms with Gasteiger partial charge in [0.05, 0.1) is 12.7 Å². The molecule has 2 rings (SSSR count). The van der Waals surface area contributed by atoms with Crippen LogP contribution < -0.4 is 5.32 Å². The maximum Gasteiger partial charge on any atom is 0.0624 e. The lowest BCUT2D eigenvalue weighted by Gasteiger charge is -2.08. The first-order chi connectivity index (χ1) is 6.34. The SMILES string of the molecule is CC1CC(NCc2ccns2)CO1. The summed E-state index contributed by atoms with van der Waals surface area (Å²) in [6.07, 6.45) is 3.38. The Morgan fingerprint density at radius 1 is 1.77 bits per heavy atom. The maximum absolute atomic E-state index is 5.46. The monoisotopic (exact) mass is 198 g/mol. The van der Waals surface area contributed by atoms with Crippen molar-refractivity contribution in [1.29, 1.82) is 0 Å². The highest BCUT2D eigenvalue weighted by Crippen LogP contribution is 2.13. The maximum atomic E-state index is 5.46. The molecular weight excluding hydrogens is 184 g/mol. The molecule has 0 radical (unpaired) electrons. The van der Waals surface area contributed by atoms with E-state index in [1.807, 2.05) is 6.20 Å². The molecule has 1 aromatic heterocycles. The van der Waals surface area contributed by atoms with Crippen molar-refractivity contribution in [3.63, 3.8) is 0 Å². The molecule has 72 valence electrons. The molecule has 1 aromatic rings. The lowest BCUT2D eigenvalue weighted by molar-refractivity contribution is 0.122. The molecular formula is C9H14N2OS. The number of nitrogens with zero attached hydrogens (tertiary/aromatic N) is 1. The van der Waals surface area contributed by atoms with Gasteiger partial charge in [-0.1, -0.05) is 0 Å². The van der Waals surface area contributed by atoms with Gasteiger partial charge in [0.15, 0.2) is 0 Å². The molecule has 0 spiro atoms. The van der Waals surface area contributed by atoms with Crippen molar-refractivity contribution in [2.45, 2.75) is 32.0 Å². The molecule has 13 heavy (non-hydrogen) atoms. The number of ether oxygens (including phenoxy) is 1. The second-order valence-electron chi connectivity index (χ2n) is 3.44. The van der Waals surface area contributed by atoms with E-state index in [1.54, 1.807) is 11.5 Å². The summed E-state index contributed by atoms with van der Waals surface area (Å²) in [5.41, 5.74) is 0. The molecule has 1 saturated heterocycles. The topological polar surface area (TPSA) is 34.2 Å². The fraction of sp³-hybridized carbons (Fsp3) is 0.667. The minimum absolute atomic E-state index is 0.416. The molecule has 0 bridgehead atoms. The smallest absolute Gasteiger partial charge is 0.0624 e. The number of nitrogens with one attached hydrogen (secondary N) is 1. The van der Waals surface area contributed by atoms with Crippen molar-refractivity contribution < 1.29 is 4.74 Å². The highest BCUT2D eigenvalue weighted by Gasteiger charge is 2.20. The standard InChI is InChI=1S/C9H14N2OS/c1-7-4-8(6-12-7)10-5-9-2-3-11-13-9/h2-3,7-8,10H,4-6H2,1H3. The highest BCUT2D eigenvalue weighted by atomic mass is 32.1. The van der Waals surface area contributed by atoms with Gasteiger partial charge in [0.1, 0.15) is 0 Å². The molecule has 2 atom stereocenters. The normalized spacial score (nSPS) is 28.1. The molecule has 1 N–H and O–H groups in total. The molecule has 1 aliphatic heterocycles. The van der Waals surface area contributed by atoms with Gasteiger partial charge in [0.25, 0.3) is 0 Å². The van der Waals surface area contributed by atoms with E-state index in [0.29, 0.717) is 12.1 Å². The van der Waals surface area contributed by atoms with Crippen LogP contribution in [-0.2, 0) is 11.3 Å². The van der Waals surface area contributed by atoms with Gasteiger partial charge in [-0.2, -0.15) is 0 Å². The van der Waals surface area contributed by atoms with Crippen molar-refractivity contribution in [2.24, 2.45) is 0 Å². The van der Waals surface area contributed by atoms with Crippen LogP contribution in [0.25, 0.3) is 0 Å². The van der Waals surface area contributed by atoms with Crippen LogP contribution in [0.2, 0.25) is 0 Å². The Balaban J connectivity index is 1.74. The van der Waals surface area contributed by atoms with Crippen molar-refractivity contribution in [2.75, 3.05) is 6.61 Å². The van der Waals surface area contributed by atoms with E-state index in [1.165, 1.54) is 4.88 Å². The number of hydrogen-bond acceptors (Lipinski definition) is 4. The van der Waals surface area contributed by atoms with Gasteiger partial charge in [-0.25, -0.2) is 4.37 Å². The average molecular weight is 198 g/mol. The van der Waals surface area contributed by atoms with E-state index in [-0.39, 0.29) is 0 Å². The van der Waals surface area contributed by atoms with Gasteiger partial charge in [0, 0.05) is 23.7 Å². The van der Waals surface area contributed by atoms with E-state index < -0.39 is 0 Å². The quantitative estimate of drug-likeness (QED) is 0.797. The van der Waals surface area contributed by atoms with Crippen LogP contribution in [0.3, 0.4) is 0 Å². The summed E-state index contributed by atoms with van der Waals surface area (Å²) in [6.45, 7) is 3.89.